The van der Waals surface area contributed by atoms with E-state index < -0.39 is 12.1 Å². The third kappa shape index (κ3) is 4.21. The third-order valence-electron chi connectivity index (χ3n) is 5.45. The Morgan fingerprint density at radius 3 is 2.73 bits per heavy atom. The first-order valence-electron chi connectivity index (χ1n) is 9.29. The molecule has 3 rings (SSSR count). The normalized spacial score (nSPS) is 27.8. The van der Waals surface area contributed by atoms with Gasteiger partial charge in [0, 0.05) is 25.6 Å². The van der Waals surface area contributed by atoms with E-state index in [9.17, 15) is 14.7 Å². The van der Waals surface area contributed by atoms with Crippen LogP contribution in [0.25, 0.3) is 0 Å². The van der Waals surface area contributed by atoms with Gasteiger partial charge in [-0.1, -0.05) is 0 Å². The summed E-state index contributed by atoms with van der Waals surface area (Å²) in [5.41, 5.74) is 0.732. The van der Waals surface area contributed by atoms with Crippen molar-refractivity contribution in [2.75, 3.05) is 33.2 Å². The number of rotatable bonds is 3. The summed E-state index contributed by atoms with van der Waals surface area (Å²) in [5, 5.41) is 23.2. The molecule has 0 bridgehead atoms. The molecule has 9 nitrogen and oxygen atoms in total. The predicted molar refractivity (Wildman–Crippen MR) is 94.4 cm³/mol. The van der Waals surface area contributed by atoms with Crippen LogP contribution in [0.1, 0.15) is 41.9 Å². The number of nitrogens with zero attached hydrogens (tertiary/aromatic N) is 4. The smallest absolute Gasteiger partial charge is 0.274 e. The number of aromatic nitrogens is 3. The zero-order valence-electron chi connectivity index (χ0n) is 15.4. The molecule has 2 heterocycles. The summed E-state index contributed by atoms with van der Waals surface area (Å²) in [6, 6.07) is -0.448. The van der Waals surface area contributed by atoms with Crippen LogP contribution in [-0.4, -0.2) is 87.5 Å². The Hall–Kier alpha value is -2.00. The van der Waals surface area contributed by atoms with E-state index >= 15 is 0 Å². The minimum Gasteiger partial charge on any atom is -0.391 e. The Bertz CT molecular complexity index is 648. The fraction of sp³-hybridized carbons (Fsp3) is 0.765. The van der Waals surface area contributed by atoms with Gasteiger partial charge >= 0.3 is 0 Å². The molecule has 2 fully saturated rings. The molecule has 9 heteroatoms. The van der Waals surface area contributed by atoms with Crippen LogP contribution < -0.4 is 5.32 Å². The molecule has 1 saturated heterocycles. The van der Waals surface area contributed by atoms with E-state index in [1.807, 2.05) is 4.90 Å². The first-order valence-corrected chi connectivity index (χ1v) is 9.29. The van der Waals surface area contributed by atoms with Gasteiger partial charge in [-0.3, -0.25) is 9.59 Å². The number of H-pyrrole nitrogens is 1. The fourth-order valence-electron chi connectivity index (χ4n) is 3.79. The lowest BCUT2D eigenvalue weighted by Crippen LogP contribution is -2.50. The van der Waals surface area contributed by atoms with Gasteiger partial charge in [-0.2, -0.15) is 15.4 Å². The Morgan fingerprint density at radius 1 is 1.19 bits per heavy atom. The van der Waals surface area contributed by atoms with Gasteiger partial charge in [0.25, 0.3) is 5.91 Å². The second-order valence-electron chi connectivity index (χ2n) is 7.40. The van der Waals surface area contributed by atoms with Crippen LogP contribution in [0.5, 0.6) is 0 Å². The molecule has 3 atom stereocenters. The lowest BCUT2D eigenvalue weighted by molar-refractivity contribution is -0.137. The van der Waals surface area contributed by atoms with Gasteiger partial charge in [-0.25, -0.2) is 0 Å². The first kappa shape index (κ1) is 18.8. The maximum Gasteiger partial charge on any atom is 0.274 e. The molecule has 144 valence electrons. The van der Waals surface area contributed by atoms with Crippen molar-refractivity contribution >= 4 is 11.8 Å². The summed E-state index contributed by atoms with van der Waals surface area (Å²) < 4.78 is 0. The van der Waals surface area contributed by atoms with E-state index in [4.69, 9.17) is 0 Å². The second kappa shape index (κ2) is 8.13. The van der Waals surface area contributed by atoms with E-state index in [0.717, 1.165) is 32.6 Å². The lowest BCUT2D eigenvalue weighted by Gasteiger charge is -2.35. The fourth-order valence-corrected chi connectivity index (χ4v) is 3.79. The number of amides is 2. The van der Waals surface area contributed by atoms with Crippen LogP contribution >= 0.6 is 0 Å². The summed E-state index contributed by atoms with van der Waals surface area (Å²) in [7, 11) is 2.07. The zero-order valence-corrected chi connectivity index (χ0v) is 15.4. The van der Waals surface area contributed by atoms with Crippen molar-refractivity contribution in [2.45, 2.75) is 44.8 Å². The van der Waals surface area contributed by atoms with Crippen LogP contribution in [-0.2, 0) is 4.79 Å². The average Bonchev–Trinajstić information content (AvgIpc) is 2.93. The van der Waals surface area contributed by atoms with Crippen molar-refractivity contribution in [1.29, 1.82) is 0 Å². The van der Waals surface area contributed by atoms with Gasteiger partial charge in [-0.15, -0.1) is 0 Å². The van der Waals surface area contributed by atoms with Crippen molar-refractivity contribution in [3.05, 3.63) is 11.4 Å². The second-order valence-corrected chi connectivity index (χ2v) is 7.40. The number of nitrogens with one attached hydrogen (secondary N) is 2. The average molecular weight is 364 g/mol. The largest absolute Gasteiger partial charge is 0.391 e. The molecule has 2 aliphatic rings. The van der Waals surface area contributed by atoms with E-state index in [1.165, 1.54) is 0 Å². The Balaban J connectivity index is 1.61. The van der Waals surface area contributed by atoms with Gasteiger partial charge in [-0.05, 0) is 46.2 Å². The molecule has 3 N–H and O–H groups in total. The number of likely N-dealkylation sites (N-methyl/N-ethyl adjacent to an activating group) is 1. The number of aromatic amines is 1. The highest BCUT2D eigenvalue weighted by Gasteiger charge is 2.36. The number of aliphatic hydroxyl groups excluding tert-OH is 1. The summed E-state index contributed by atoms with van der Waals surface area (Å²) in [6.07, 6.45) is 1.94. The van der Waals surface area contributed by atoms with Crippen molar-refractivity contribution in [3.8, 4) is 0 Å². The third-order valence-corrected chi connectivity index (χ3v) is 5.45. The SMILES string of the molecule is Cc1n[nH]nc1C(=O)N[C@@H]1C[C@@H](C(=O)N2CCCN(C)CC2)CC[C@H]1O. The molecule has 1 saturated carbocycles. The van der Waals surface area contributed by atoms with Crippen molar-refractivity contribution < 1.29 is 14.7 Å². The highest BCUT2D eigenvalue weighted by atomic mass is 16.3. The Kier molecular flexibility index (Phi) is 5.87. The standard InChI is InChI=1S/C17H28N6O3/c1-11-15(20-21-19-11)16(25)18-13-10-12(4-5-14(13)24)17(26)23-7-3-6-22(2)8-9-23/h12-14,24H,3-10H2,1-2H3,(H,18,25)(H,19,20,21)/t12-,13+,14+/m0/s1. The quantitative estimate of drug-likeness (QED) is 0.668. The molecular weight excluding hydrogens is 336 g/mol. The number of aryl methyl sites for hydroxylation is 1. The molecule has 2 amide bonds. The van der Waals surface area contributed by atoms with Crippen LogP contribution in [0.2, 0.25) is 0 Å². The monoisotopic (exact) mass is 364 g/mol. The molecule has 1 aromatic heterocycles. The van der Waals surface area contributed by atoms with Crippen LogP contribution in [0.4, 0.5) is 0 Å². The summed E-state index contributed by atoms with van der Waals surface area (Å²) in [4.78, 5) is 29.4. The van der Waals surface area contributed by atoms with E-state index in [2.05, 4.69) is 32.7 Å². The van der Waals surface area contributed by atoms with E-state index in [0.29, 0.717) is 25.0 Å². The van der Waals surface area contributed by atoms with Crippen molar-refractivity contribution in [3.63, 3.8) is 0 Å². The van der Waals surface area contributed by atoms with Crippen molar-refractivity contribution in [1.82, 2.24) is 30.5 Å². The van der Waals surface area contributed by atoms with E-state index in [1.54, 1.807) is 6.92 Å². The van der Waals surface area contributed by atoms with Gasteiger partial charge in [0.2, 0.25) is 5.91 Å². The van der Waals surface area contributed by atoms with E-state index in [-0.39, 0.29) is 23.4 Å². The molecular formula is C17H28N6O3. The maximum atomic E-state index is 12.9. The minimum absolute atomic E-state index is 0.143. The van der Waals surface area contributed by atoms with Crippen LogP contribution in [0.15, 0.2) is 0 Å². The van der Waals surface area contributed by atoms with Gasteiger partial charge in [0.1, 0.15) is 0 Å². The van der Waals surface area contributed by atoms with Gasteiger partial charge in [0.05, 0.1) is 17.8 Å². The molecule has 0 radical (unpaired) electrons. The lowest BCUT2D eigenvalue weighted by atomic mass is 9.82. The van der Waals surface area contributed by atoms with Crippen LogP contribution in [0.3, 0.4) is 0 Å². The summed E-state index contributed by atoms with van der Waals surface area (Å²) >= 11 is 0. The molecule has 1 aliphatic carbocycles. The van der Waals surface area contributed by atoms with Crippen LogP contribution in [0, 0.1) is 12.8 Å². The first-order chi connectivity index (χ1) is 12.5. The summed E-state index contributed by atoms with van der Waals surface area (Å²) in [6.45, 7) is 5.09. The number of aliphatic hydroxyl groups is 1. The molecule has 0 unspecified atom stereocenters. The Morgan fingerprint density at radius 2 is 2.00 bits per heavy atom. The number of hydrogen-bond donors (Lipinski definition) is 3. The maximum absolute atomic E-state index is 12.9. The van der Waals surface area contributed by atoms with Crippen molar-refractivity contribution in [2.24, 2.45) is 5.92 Å². The molecule has 0 aromatic carbocycles. The predicted octanol–water partition coefficient (Wildman–Crippen LogP) is -0.463. The molecule has 0 spiro atoms. The number of hydrogen-bond acceptors (Lipinski definition) is 6. The van der Waals surface area contributed by atoms with Gasteiger partial charge < -0.3 is 20.2 Å². The highest BCUT2D eigenvalue weighted by Crippen LogP contribution is 2.27. The molecule has 1 aliphatic heterocycles. The Labute approximate surface area is 153 Å². The molecule has 26 heavy (non-hydrogen) atoms. The number of carbonyl (C=O) groups excluding carboxylic acids is 2. The molecule has 1 aromatic rings. The minimum atomic E-state index is -0.648. The summed E-state index contributed by atoms with van der Waals surface area (Å²) in [5.74, 6) is -0.389. The van der Waals surface area contributed by atoms with Gasteiger partial charge in [0.15, 0.2) is 5.69 Å². The number of carbonyl (C=O) groups is 2. The highest BCUT2D eigenvalue weighted by molar-refractivity contribution is 5.93. The topological polar surface area (TPSA) is 114 Å². The zero-order chi connectivity index (χ0) is 18.7.